The molecule has 0 unspecified atom stereocenters. The first kappa shape index (κ1) is 19.1. The predicted molar refractivity (Wildman–Crippen MR) is 81.9 cm³/mol. The van der Waals surface area contributed by atoms with Crippen LogP contribution in [0.3, 0.4) is 0 Å². The number of rotatable bonds is 4. The lowest BCUT2D eigenvalue weighted by Gasteiger charge is -2.22. The Morgan fingerprint density at radius 1 is 1.16 bits per heavy atom. The number of pyridine rings is 1. The number of alkyl halides is 3. The van der Waals surface area contributed by atoms with Gasteiger partial charge >= 0.3 is 6.18 Å². The van der Waals surface area contributed by atoms with Crippen LogP contribution in [0.5, 0.6) is 0 Å². The number of aryl methyl sites for hydroxylation is 2. The first-order valence-corrected chi connectivity index (χ1v) is 8.42. The van der Waals surface area contributed by atoms with Gasteiger partial charge in [-0.25, -0.2) is 12.8 Å². The monoisotopic (exact) mass is 378 g/mol. The number of nitrogens with one attached hydrogen (secondary N) is 1. The molecule has 0 aliphatic heterocycles. The third-order valence-electron chi connectivity index (χ3n) is 3.48. The molecule has 0 amide bonds. The van der Waals surface area contributed by atoms with E-state index >= 15 is 0 Å². The Labute approximate surface area is 141 Å². The minimum atomic E-state index is -4.94. The third kappa shape index (κ3) is 4.26. The maximum absolute atomic E-state index is 13.3. The largest absolute Gasteiger partial charge is 0.408 e. The van der Waals surface area contributed by atoms with Crippen LogP contribution in [0.2, 0.25) is 0 Å². The van der Waals surface area contributed by atoms with E-state index in [0.29, 0.717) is 0 Å². The molecule has 0 spiro atoms. The molecular formula is C15H14F4N2O3S. The van der Waals surface area contributed by atoms with Gasteiger partial charge < -0.3 is 4.57 Å². The van der Waals surface area contributed by atoms with Crippen molar-refractivity contribution in [3.63, 3.8) is 0 Å². The van der Waals surface area contributed by atoms with Gasteiger partial charge in [-0.3, -0.25) is 4.79 Å². The number of sulfonamides is 1. The van der Waals surface area contributed by atoms with Gasteiger partial charge in [0, 0.05) is 19.3 Å². The third-order valence-corrected chi connectivity index (χ3v) is 5.03. The first-order valence-electron chi connectivity index (χ1n) is 6.93. The van der Waals surface area contributed by atoms with Gasteiger partial charge in [-0.2, -0.15) is 17.9 Å². The second-order valence-corrected chi connectivity index (χ2v) is 7.10. The van der Waals surface area contributed by atoms with Crippen LogP contribution in [0.15, 0.2) is 46.2 Å². The molecule has 136 valence electrons. The highest BCUT2D eigenvalue weighted by Gasteiger charge is 2.43. The summed E-state index contributed by atoms with van der Waals surface area (Å²) < 4.78 is 80.2. The van der Waals surface area contributed by atoms with Crippen molar-refractivity contribution in [2.45, 2.75) is 24.0 Å². The summed E-state index contributed by atoms with van der Waals surface area (Å²) in [5, 5.41) is 0. The van der Waals surface area contributed by atoms with Gasteiger partial charge in [0.2, 0.25) is 10.0 Å². The second-order valence-electron chi connectivity index (χ2n) is 5.42. The molecule has 0 radical (unpaired) electrons. The van der Waals surface area contributed by atoms with Crippen molar-refractivity contribution in [1.82, 2.24) is 9.29 Å². The SMILES string of the molecule is Cc1cc(=O)n(C)cc1S(=O)(=O)N[C@H](c1ccc(F)cc1)C(F)(F)F. The number of hydrogen-bond donors (Lipinski definition) is 1. The molecular weight excluding hydrogens is 364 g/mol. The van der Waals surface area contributed by atoms with Crippen molar-refractivity contribution in [1.29, 1.82) is 0 Å². The number of nitrogens with zero attached hydrogens (tertiary/aromatic N) is 1. The molecule has 1 N–H and O–H groups in total. The molecule has 10 heteroatoms. The number of benzene rings is 1. The van der Waals surface area contributed by atoms with Gasteiger partial charge in [-0.1, -0.05) is 12.1 Å². The Morgan fingerprint density at radius 3 is 2.24 bits per heavy atom. The van der Waals surface area contributed by atoms with Crippen LogP contribution in [0.25, 0.3) is 0 Å². The number of hydrogen-bond acceptors (Lipinski definition) is 3. The Balaban J connectivity index is 2.50. The average molecular weight is 378 g/mol. The van der Waals surface area contributed by atoms with Crippen molar-refractivity contribution in [2.75, 3.05) is 0 Å². The molecule has 0 aliphatic rings. The quantitative estimate of drug-likeness (QED) is 0.831. The molecule has 0 aliphatic carbocycles. The lowest BCUT2D eigenvalue weighted by Crippen LogP contribution is -2.38. The van der Waals surface area contributed by atoms with Gasteiger partial charge in [-0.15, -0.1) is 0 Å². The highest BCUT2D eigenvalue weighted by Crippen LogP contribution is 2.34. The molecule has 0 saturated heterocycles. The lowest BCUT2D eigenvalue weighted by molar-refractivity contribution is -0.153. The zero-order chi connectivity index (χ0) is 19.0. The van der Waals surface area contributed by atoms with Crippen LogP contribution in [0.1, 0.15) is 17.2 Å². The number of halogens is 4. The van der Waals surface area contributed by atoms with Gasteiger partial charge in [0.05, 0.1) is 0 Å². The molecule has 0 bridgehead atoms. The average Bonchev–Trinajstić information content (AvgIpc) is 2.48. The molecule has 1 aromatic carbocycles. The summed E-state index contributed by atoms with van der Waals surface area (Å²) in [5.41, 5.74) is -0.946. The molecule has 5 nitrogen and oxygen atoms in total. The lowest BCUT2D eigenvalue weighted by atomic mass is 10.1. The second kappa shape index (κ2) is 6.60. The van der Waals surface area contributed by atoms with E-state index in [2.05, 4.69) is 0 Å². The van der Waals surface area contributed by atoms with E-state index in [4.69, 9.17) is 0 Å². The van der Waals surface area contributed by atoms with Crippen molar-refractivity contribution in [3.8, 4) is 0 Å². The zero-order valence-corrected chi connectivity index (χ0v) is 14.0. The summed E-state index contributed by atoms with van der Waals surface area (Å²) in [5.74, 6) is -0.749. The summed E-state index contributed by atoms with van der Waals surface area (Å²) in [6, 6.07) is 1.76. The Kier molecular flexibility index (Phi) is 5.05. The number of aromatic nitrogens is 1. The van der Waals surface area contributed by atoms with Gasteiger partial charge in [0.1, 0.15) is 16.8 Å². The van der Waals surface area contributed by atoms with Crippen molar-refractivity contribution < 1.29 is 26.0 Å². The zero-order valence-electron chi connectivity index (χ0n) is 13.1. The van der Waals surface area contributed by atoms with E-state index in [9.17, 15) is 30.8 Å². The summed E-state index contributed by atoms with van der Waals surface area (Å²) in [7, 11) is -3.31. The fourth-order valence-electron chi connectivity index (χ4n) is 2.18. The van der Waals surface area contributed by atoms with Gasteiger partial charge in [0.15, 0.2) is 0 Å². The van der Waals surface area contributed by atoms with Crippen LogP contribution < -0.4 is 10.3 Å². The van der Waals surface area contributed by atoms with E-state index in [-0.39, 0.29) is 5.56 Å². The first-order chi connectivity index (χ1) is 11.4. The van der Waals surface area contributed by atoms with Crippen LogP contribution in [0.4, 0.5) is 17.6 Å². The molecule has 1 aromatic heterocycles. The summed E-state index contributed by atoms with van der Waals surface area (Å²) in [4.78, 5) is 11.0. The van der Waals surface area contributed by atoms with E-state index in [1.807, 2.05) is 0 Å². The van der Waals surface area contributed by atoms with E-state index in [1.165, 1.54) is 14.0 Å². The summed E-state index contributed by atoms with van der Waals surface area (Å²) in [6.45, 7) is 1.30. The predicted octanol–water partition coefficient (Wildman–Crippen LogP) is 2.41. The molecule has 1 heterocycles. The maximum atomic E-state index is 13.3. The topological polar surface area (TPSA) is 68.2 Å². The highest BCUT2D eigenvalue weighted by molar-refractivity contribution is 7.89. The minimum Gasteiger partial charge on any atom is -0.317 e. The van der Waals surface area contributed by atoms with E-state index in [1.54, 1.807) is 4.72 Å². The van der Waals surface area contributed by atoms with Crippen molar-refractivity contribution >= 4 is 10.0 Å². The Hall–Kier alpha value is -2.20. The van der Waals surface area contributed by atoms with E-state index < -0.39 is 44.1 Å². The van der Waals surface area contributed by atoms with Crippen molar-refractivity contribution in [2.24, 2.45) is 7.05 Å². The molecule has 0 fully saturated rings. The van der Waals surface area contributed by atoms with Crippen LogP contribution in [-0.4, -0.2) is 19.2 Å². The molecule has 2 aromatic rings. The fraction of sp³-hybridized carbons (Fsp3) is 0.267. The normalized spacial score (nSPS) is 13.7. The maximum Gasteiger partial charge on any atom is 0.408 e. The smallest absolute Gasteiger partial charge is 0.317 e. The van der Waals surface area contributed by atoms with Crippen molar-refractivity contribution in [3.05, 3.63) is 63.8 Å². The Morgan fingerprint density at radius 2 is 1.72 bits per heavy atom. The van der Waals surface area contributed by atoms with Crippen LogP contribution >= 0.6 is 0 Å². The molecule has 25 heavy (non-hydrogen) atoms. The molecule has 2 rings (SSSR count). The highest BCUT2D eigenvalue weighted by atomic mass is 32.2. The minimum absolute atomic E-state index is 0.00984. The fourth-order valence-corrected chi connectivity index (χ4v) is 3.67. The van der Waals surface area contributed by atoms with Gasteiger partial charge in [0.25, 0.3) is 5.56 Å². The Bertz CT molecular complexity index is 935. The van der Waals surface area contributed by atoms with Gasteiger partial charge in [-0.05, 0) is 30.2 Å². The summed E-state index contributed by atoms with van der Waals surface area (Å²) >= 11 is 0. The summed E-state index contributed by atoms with van der Waals surface area (Å²) in [6.07, 6.45) is -4.00. The standard InChI is InChI=1S/C15H14F4N2O3S/c1-9-7-13(22)21(2)8-12(9)25(23,24)20-14(15(17,18)19)10-3-5-11(16)6-4-10/h3-8,14,20H,1-2H3/t14-/m1/s1. The molecule has 1 atom stereocenters. The van der Waals surface area contributed by atoms with E-state index in [0.717, 1.165) is 41.1 Å². The van der Waals surface area contributed by atoms with Crippen LogP contribution in [0, 0.1) is 12.7 Å². The molecule has 0 saturated carbocycles. The van der Waals surface area contributed by atoms with Crippen LogP contribution in [-0.2, 0) is 17.1 Å².